The molecule has 0 N–H and O–H groups in total. The average molecular weight is 510 g/mol. The van der Waals surface area contributed by atoms with Gasteiger partial charge in [0.1, 0.15) is 6.26 Å². The number of rotatable bonds is 6. The summed E-state index contributed by atoms with van der Waals surface area (Å²) in [5.41, 5.74) is 0.312. The number of likely N-dealkylation sites (tertiary alicyclic amines) is 1. The fraction of sp³-hybridized carbons (Fsp3) is 0.615. The molecule has 36 heavy (non-hydrogen) atoms. The molecule has 2 aromatic rings. The third-order valence-corrected chi connectivity index (χ3v) is 7.42. The van der Waals surface area contributed by atoms with E-state index in [-0.39, 0.29) is 23.3 Å². The molecule has 3 unspecified atom stereocenters. The van der Waals surface area contributed by atoms with Crippen LogP contribution in [0.3, 0.4) is 0 Å². The van der Waals surface area contributed by atoms with Gasteiger partial charge in [-0.15, -0.1) is 0 Å². The fourth-order valence-corrected chi connectivity index (χ4v) is 5.03. The van der Waals surface area contributed by atoms with E-state index in [1.165, 1.54) is 12.1 Å². The Labute approximate surface area is 209 Å². The van der Waals surface area contributed by atoms with Crippen molar-refractivity contribution in [2.75, 3.05) is 53.1 Å². The Morgan fingerprint density at radius 2 is 1.89 bits per heavy atom. The summed E-state index contributed by atoms with van der Waals surface area (Å²) in [5, 5.41) is 0. The number of urea groups is 1. The number of halogens is 3. The molecule has 2 fully saturated rings. The number of carbonyl (C=O) groups is 1. The lowest BCUT2D eigenvalue weighted by Gasteiger charge is -2.40. The zero-order valence-electron chi connectivity index (χ0n) is 21.0. The number of methoxy groups -OCH3 is 1. The van der Waals surface area contributed by atoms with Crippen LogP contribution in [0.4, 0.5) is 18.0 Å². The van der Waals surface area contributed by atoms with Crippen LogP contribution in [-0.4, -0.2) is 73.9 Å². The van der Waals surface area contributed by atoms with Crippen LogP contribution in [0.15, 0.2) is 34.9 Å². The Balaban J connectivity index is 1.64. The van der Waals surface area contributed by atoms with E-state index in [9.17, 15) is 18.0 Å². The number of hydrogen-bond donors (Lipinski definition) is 0. The second-order valence-corrected chi connectivity index (χ2v) is 9.96. The Bertz CT molecular complexity index is 1040. The van der Waals surface area contributed by atoms with Crippen molar-refractivity contribution in [1.29, 1.82) is 0 Å². The van der Waals surface area contributed by atoms with Gasteiger partial charge in [-0.1, -0.05) is 32.0 Å². The number of nitrogens with zero attached hydrogens (tertiary/aromatic N) is 3. The summed E-state index contributed by atoms with van der Waals surface area (Å²) in [4.78, 5) is 21.6. The fourth-order valence-electron chi connectivity index (χ4n) is 5.03. The Morgan fingerprint density at radius 3 is 2.56 bits per heavy atom. The summed E-state index contributed by atoms with van der Waals surface area (Å²) >= 11 is 0. The Hall–Kier alpha value is -2.59. The number of benzene rings is 1. The van der Waals surface area contributed by atoms with Gasteiger partial charge in [0.05, 0.1) is 37.0 Å². The molecule has 1 aromatic heterocycles. The highest BCUT2D eigenvalue weighted by atomic mass is 19.4. The number of aromatic nitrogens is 1. The molecular weight excluding hydrogens is 475 g/mol. The maximum atomic E-state index is 13.4. The second kappa shape index (κ2) is 10.8. The van der Waals surface area contributed by atoms with Crippen molar-refractivity contribution in [3.05, 3.63) is 53.2 Å². The predicted octanol–water partition coefficient (Wildman–Crippen LogP) is 5.03. The first kappa shape index (κ1) is 26.5. The molecule has 0 spiro atoms. The van der Waals surface area contributed by atoms with Crippen molar-refractivity contribution in [2.45, 2.75) is 50.1 Å². The number of hydrogen-bond acceptors (Lipinski definition) is 5. The number of oxazole rings is 1. The van der Waals surface area contributed by atoms with Crippen molar-refractivity contribution < 1.29 is 31.9 Å². The Morgan fingerprint density at radius 1 is 1.17 bits per heavy atom. The van der Waals surface area contributed by atoms with Gasteiger partial charge in [0, 0.05) is 44.6 Å². The summed E-state index contributed by atoms with van der Waals surface area (Å²) in [6, 6.07) is 5.26. The lowest BCUT2D eigenvalue weighted by atomic mass is 9.83. The minimum Gasteiger partial charge on any atom is -0.448 e. The first-order chi connectivity index (χ1) is 17.1. The van der Waals surface area contributed by atoms with Crippen molar-refractivity contribution in [1.82, 2.24) is 14.8 Å². The largest absolute Gasteiger partial charge is 0.448 e. The van der Waals surface area contributed by atoms with Crippen molar-refractivity contribution >= 4 is 6.03 Å². The van der Waals surface area contributed by atoms with Crippen LogP contribution in [0.5, 0.6) is 0 Å². The molecule has 0 saturated carbocycles. The molecule has 3 atom stereocenters. The van der Waals surface area contributed by atoms with Gasteiger partial charge in [-0.05, 0) is 24.5 Å². The van der Waals surface area contributed by atoms with Gasteiger partial charge in [0.15, 0.2) is 5.89 Å². The van der Waals surface area contributed by atoms with E-state index in [1.807, 2.05) is 0 Å². The average Bonchev–Trinajstić information content (AvgIpc) is 3.39. The van der Waals surface area contributed by atoms with E-state index in [4.69, 9.17) is 18.9 Å². The molecule has 3 heterocycles. The molecule has 2 saturated heterocycles. The zero-order chi connectivity index (χ0) is 25.9. The highest BCUT2D eigenvalue weighted by molar-refractivity contribution is 5.75. The summed E-state index contributed by atoms with van der Waals surface area (Å²) < 4.78 is 56.9. The number of amides is 2. The lowest BCUT2D eigenvalue weighted by Crippen LogP contribution is -2.52. The van der Waals surface area contributed by atoms with Gasteiger partial charge in [-0.25, -0.2) is 9.78 Å². The second-order valence-electron chi connectivity index (χ2n) is 9.96. The number of carbonyl (C=O) groups excluding carboxylic acids is 1. The first-order valence-electron chi connectivity index (χ1n) is 12.4. The normalized spacial score (nSPS) is 22.9. The van der Waals surface area contributed by atoms with E-state index in [0.717, 1.165) is 18.2 Å². The summed E-state index contributed by atoms with van der Waals surface area (Å²) in [6.07, 6.45) is -1.47. The standard InChI is InChI=1S/C26H34F3N3O4/c1-4-25(2,17-34-3)22-16-36-23(30-22)20-12-19(18-6-5-7-21(13-18)26(27,28)29)14-32(15-20)24(33)31-8-10-35-11-9-31/h5-7,13,16,19-20H,4,8-12,14-15,17H2,1-3H3. The number of ether oxygens (including phenoxy) is 2. The van der Waals surface area contributed by atoms with Crippen LogP contribution in [0.25, 0.3) is 0 Å². The molecule has 2 aliphatic heterocycles. The molecule has 1 aromatic carbocycles. The molecule has 0 bridgehead atoms. The lowest BCUT2D eigenvalue weighted by molar-refractivity contribution is -0.137. The summed E-state index contributed by atoms with van der Waals surface area (Å²) in [7, 11) is 1.64. The zero-order valence-corrected chi connectivity index (χ0v) is 21.0. The molecule has 7 nitrogen and oxygen atoms in total. The molecule has 10 heteroatoms. The van der Waals surface area contributed by atoms with Gasteiger partial charge in [0.2, 0.25) is 0 Å². The number of piperidine rings is 1. The topological polar surface area (TPSA) is 68.0 Å². The van der Waals surface area contributed by atoms with Crippen LogP contribution in [0, 0.1) is 0 Å². The minimum atomic E-state index is -4.43. The number of morpholine rings is 1. The monoisotopic (exact) mass is 509 g/mol. The predicted molar refractivity (Wildman–Crippen MR) is 127 cm³/mol. The van der Waals surface area contributed by atoms with Crippen LogP contribution in [0.2, 0.25) is 0 Å². The molecule has 2 aliphatic rings. The van der Waals surface area contributed by atoms with Gasteiger partial charge < -0.3 is 23.7 Å². The van der Waals surface area contributed by atoms with E-state index in [2.05, 4.69) is 13.8 Å². The van der Waals surface area contributed by atoms with Crippen molar-refractivity contribution in [3.63, 3.8) is 0 Å². The van der Waals surface area contributed by atoms with Crippen LogP contribution in [0.1, 0.15) is 61.2 Å². The maximum absolute atomic E-state index is 13.4. The maximum Gasteiger partial charge on any atom is 0.416 e. The highest BCUT2D eigenvalue weighted by Gasteiger charge is 2.38. The molecule has 2 amide bonds. The Kier molecular flexibility index (Phi) is 7.94. The highest BCUT2D eigenvalue weighted by Crippen LogP contribution is 2.39. The first-order valence-corrected chi connectivity index (χ1v) is 12.4. The van der Waals surface area contributed by atoms with Crippen LogP contribution < -0.4 is 0 Å². The van der Waals surface area contributed by atoms with Gasteiger partial charge in [-0.3, -0.25) is 0 Å². The van der Waals surface area contributed by atoms with Gasteiger partial charge in [-0.2, -0.15) is 13.2 Å². The summed E-state index contributed by atoms with van der Waals surface area (Å²) in [5.74, 6) is -0.0409. The molecule has 198 valence electrons. The quantitative estimate of drug-likeness (QED) is 0.546. The van der Waals surface area contributed by atoms with Crippen LogP contribution in [-0.2, 0) is 21.1 Å². The van der Waals surface area contributed by atoms with E-state index < -0.39 is 11.7 Å². The molecule has 4 rings (SSSR count). The van der Waals surface area contributed by atoms with Crippen LogP contribution >= 0.6 is 0 Å². The van der Waals surface area contributed by atoms with Gasteiger partial charge >= 0.3 is 12.2 Å². The summed E-state index contributed by atoms with van der Waals surface area (Å²) in [6.45, 7) is 7.23. The smallest absolute Gasteiger partial charge is 0.416 e. The van der Waals surface area contributed by atoms with E-state index >= 15 is 0 Å². The third kappa shape index (κ3) is 5.70. The van der Waals surface area contributed by atoms with Crippen molar-refractivity contribution in [3.8, 4) is 0 Å². The third-order valence-electron chi connectivity index (χ3n) is 7.42. The molecule has 0 aliphatic carbocycles. The molecular formula is C26H34F3N3O4. The minimum absolute atomic E-state index is 0.135. The van der Waals surface area contributed by atoms with Crippen molar-refractivity contribution in [2.24, 2.45) is 0 Å². The van der Waals surface area contributed by atoms with Gasteiger partial charge in [0.25, 0.3) is 0 Å². The van der Waals surface area contributed by atoms with E-state index in [0.29, 0.717) is 63.9 Å². The SMILES string of the molecule is CCC(C)(COC)c1coc(C2CC(c3cccc(C(F)(F)F)c3)CN(C(=O)N3CCOCC3)C2)n1. The molecule has 0 radical (unpaired) electrons. The van der Waals surface area contributed by atoms with E-state index in [1.54, 1.807) is 29.2 Å². The number of alkyl halides is 3.